The molecule has 1 aromatic carbocycles. The number of aromatic nitrogens is 3. The summed E-state index contributed by atoms with van der Waals surface area (Å²) in [6.07, 6.45) is 5.54. The first-order valence-corrected chi connectivity index (χ1v) is 16.6. The number of fused-ring (bicyclic) bond motifs is 1. The van der Waals surface area contributed by atoms with E-state index in [4.69, 9.17) is 21.3 Å². The number of nitrogens with zero attached hydrogens (tertiary/aromatic N) is 6. The van der Waals surface area contributed by atoms with Crippen LogP contribution in [0.25, 0.3) is 11.3 Å². The first-order chi connectivity index (χ1) is 22.2. The maximum atomic E-state index is 13.6. The number of ether oxygens (including phenoxy) is 1. The second-order valence-electron chi connectivity index (χ2n) is 12.7. The molecule has 0 spiro atoms. The number of piperidine rings is 1. The number of amides is 2. The molecule has 3 aromatic rings. The number of halogens is 1. The van der Waals surface area contributed by atoms with Crippen LogP contribution in [0.4, 0.5) is 11.8 Å². The predicted octanol–water partition coefficient (Wildman–Crippen LogP) is 4.54. The molecular weight excluding hydrogens is 604 g/mol. The molecule has 2 saturated heterocycles. The van der Waals surface area contributed by atoms with Crippen molar-refractivity contribution < 1.29 is 14.3 Å². The fraction of sp³-hybridized carbons (Fsp3) is 0.500. The third kappa shape index (κ3) is 6.96. The van der Waals surface area contributed by atoms with Crippen molar-refractivity contribution in [2.75, 3.05) is 50.6 Å². The Labute approximate surface area is 275 Å². The molecule has 0 aliphatic carbocycles. The van der Waals surface area contributed by atoms with E-state index in [1.807, 2.05) is 43.3 Å². The number of carbonyl (C=O) groups excluding carboxylic acids is 2. The van der Waals surface area contributed by atoms with Gasteiger partial charge >= 0.3 is 0 Å². The molecule has 0 bridgehead atoms. The van der Waals surface area contributed by atoms with E-state index in [1.165, 1.54) is 0 Å². The van der Waals surface area contributed by atoms with Crippen LogP contribution in [0.1, 0.15) is 67.2 Å². The molecule has 0 unspecified atom stereocenters. The van der Waals surface area contributed by atoms with E-state index in [2.05, 4.69) is 44.5 Å². The molecule has 0 radical (unpaired) electrons. The van der Waals surface area contributed by atoms with Crippen LogP contribution >= 0.6 is 11.6 Å². The molecule has 12 heteroatoms. The lowest BCUT2D eigenvalue weighted by atomic mass is 10.0. The van der Waals surface area contributed by atoms with Crippen molar-refractivity contribution in [1.82, 2.24) is 30.1 Å². The molecular formula is C34H43ClN8O3. The molecule has 6 rings (SSSR count). The van der Waals surface area contributed by atoms with E-state index in [1.54, 1.807) is 18.0 Å². The highest BCUT2D eigenvalue weighted by atomic mass is 35.5. The van der Waals surface area contributed by atoms with Gasteiger partial charge in [0, 0.05) is 56.1 Å². The highest BCUT2D eigenvalue weighted by molar-refractivity contribution is 6.33. The molecule has 2 atom stereocenters. The van der Waals surface area contributed by atoms with Crippen LogP contribution in [0.15, 0.2) is 42.6 Å². The van der Waals surface area contributed by atoms with Crippen molar-refractivity contribution >= 4 is 35.2 Å². The predicted molar refractivity (Wildman–Crippen MR) is 179 cm³/mol. The summed E-state index contributed by atoms with van der Waals surface area (Å²) in [5, 5.41) is 6.86. The smallest absolute Gasteiger partial charge is 0.255 e. The zero-order valence-electron chi connectivity index (χ0n) is 27.0. The highest BCUT2D eigenvalue weighted by Crippen LogP contribution is 2.33. The van der Waals surface area contributed by atoms with Crippen LogP contribution in [0, 0.1) is 0 Å². The largest absolute Gasteiger partial charge is 0.381 e. The summed E-state index contributed by atoms with van der Waals surface area (Å²) in [5.41, 5.74) is 3.47. The maximum Gasteiger partial charge on any atom is 0.255 e. The number of rotatable bonds is 9. The Morgan fingerprint density at radius 3 is 2.57 bits per heavy atom. The van der Waals surface area contributed by atoms with Gasteiger partial charge in [-0.25, -0.2) is 15.0 Å². The van der Waals surface area contributed by atoms with Gasteiger partial charge in [0.25, 0.3) is 5.91 Å². The molecule has 2 aromatic heterocycles. The molecule has 0 saturated carbocycles. The second-order valence-corrected chi connectivity index (χ2v) is 13.1. The van der Waals surface area contributed by atoms with Crippen LogP contribution in [0.3, 0.4) is 0 Å². The van der Waals surface area contributed by atoms with Crippen molar-refractivity contribution in [2.45, 2.75) is 70.2 Å². The van der Waals surface area contributed by atoms with Crippen molar-refractivity contribution in [3.05, 3.63) is 64.4 Å². The number of pyridine rings is 1. The molecule has 2 fully saturated rings. The maximum absolute atomic E-state index is 13.6. The molecule has 3 aliphatic rings. The van der Waals surface area contributed by atoms with E-state index in [-0.39, 0.29) is 23.9 Å². The monoisotopic (exact) mass is 646 g/mol. The van der Waals surface area contributed by atoms with Gasteiger partial charge < -0.3 is 30.1 Å². The van der Waals surface area contributed by atoms with Gasteiger partial charge in [-0.3, -0.25) is 9.59 Å². The summed E-state index contributed by atoms with van der Waals surface area (Å²) < 4.78 is 5.45. The standard InChI is InChI=1S/C34H43ClN8O3/c1-21(29-6-5-7-30(39-29)42-14-10-26(11-15-42)41(3)4)37-32(44)22(2)43-20-24-9-8-23(18-27(24)33(43)45)31-28(35)19-36-34(40-31)38-25-12-16-46-17-13-25/h5-9,18-19,21-22,25-26H,10-17,20H2,1-4H3,(H,37,44)(H,36,38,40)/t21-,22-/m1/s1. The quantitative estimate of drug-likeness (QED) is 0.346. The number of hydrogen-bond acceptors (Lipinski definition) is 9. The van der Waals surface area contributed by atoms with E-state index in [0.717, 1.165) is 61.4 Å². The number of nitrogens with one attached hydrogen (secondary N) is 2. The Kier molecular flexibility index (Phi) is 9.72. The van der Waals surface area contributed by atoms with Crippen LogP contribution in [0.5, 0.6) is 0 Å². The van der Waals surface area contributed by atoms with Gasteiger partial charge in [0.15, 0.2) is 0 Å². The Balaban J connectivity index is 1.10. The summed E-state index contributed by atoms with van der Waals surface area (Å²) in [7, 11) is 4.27. The zero-order valence-corrected chi connectivity index (χ0v) is 27.8. The van der Waals surface area contributed by atoms with Crippen molar-refractivity contribution in [3.8, 4) is 11.3 Å². The molecule has 46 heavy (non-hydrogen) atoms. The second kappa shape index (κ2) is 13.9. The van der Waals surface area contributed by atoms with Gasteiger partial charge in [-0.1, -0.05) is 29.8 Å². The van der Waals surface area contributed by atoms with Gasteiger partial charge in [0.1, 0.15) is 11.9 Å². The lowest BCUT2D eigenvalue weighted by molar-refractivity contribution is -0.125. The lowest BCUT2D eigenvalue weighted by Crippen LogP contribution is -2.46. The molecule has 3 aliphatic heterocycles. The Morgan fingerprint density at radius 1 is 1.07 bits per heavy atom. The van der Waals surface area contributed by atoms with E-state index < -0.39 is 6.04 Å². The van der Waals surface area contributed by atoms with Crippen molar-refractivity contribution in [2.24, 2.45) is 0 Å². The third-order valence-electron chi connectivity index (χ3n) is 9.44. The lowest BCUT2D eigenvalue weighted by Gasteiger charge is -2.36. The summed E-state index contributed by atoms with van der Waals surface area (Å²) in [4.78, 5) is 47.2. The average molecular weight is 647 g/mol. The highest BCUT2D eigenvalue weighted by Gasteiger charge is 2.35. The first kappa shape index (κ1) is 32.2. The normalized spacial score (nSPS) is 18.9. The third-order valence-corrected chi connectivity index (χ3v) is 9.71. The first-order valence-electron chi connectivity index (χ1n) is 16.2. The summed E-state index contributed by atoms with van der Waals surface area (Å²) in [5.74, 6) is 1.00. The topological polar surface area (TPSA) is 116 Å². The van der Waals surface area contributed by atoms with Gasteiger partial charge in [0.2, 0.25) is 11.9 Å². The molecule has 11 nitrogen and oxygen atoms in total. The van der Waals surface area contributed by atoms with E-state index in [0.29, 0.717) is 48.0 Å². The zero-order chi connectivity index (χ0) is 32.4. The average Bonchev–Trinajstić information content (AvgIpc) is 3.41. The van der Waals surface area contributed by atoms with Gasteiger partial charge in [-0.2, -0.15) is 0 Å². The summed E-state index contributed by atoms with van der Waals surface area (Å²) in [6.45, 7) is 7.36. The van der Waals surface area contributed by atoms with Gasteiger partial charge in [-0.15, -0.1) is 0 Å². The van der Waals surface area contributed by atoms with Crippen molar-refractivity contribution in [1.29, 1.82) is 0 Å². The summed E-state index contributed by atoms with van der Waals surface area (Å²) >= 11 is 6.52. The number of hydrogen-bond donors (Lipinski definition) is 2. The molecule has 2 amide bonds. The fourth-order valence-corrected chi connectivity index (χ4v) is 6.67. The van der Waals surface area contributed by atoms with Crippen LogP contribution < -0.4 is 15.5 Å². The molecule has 2 N–H and O–H groups in total. The van der Waals surface area contributed by atoms with E-state index in [9.17, 15) is 9.59 Å². The number of carbonyl (C=O) groups is 2. The Bertz CT molecular complexity index is 1570. The number of benzene rings is 1. The van der Waals surface area contributed by atoms with Crippen molar-refractivity contribution in [3.63, 3.8) is 0 Å². The van der Waals surface area contributed by atoms with Gasteiger partial charge in [0.05, 0.1) is 28.6 Å². The fourth-order valence-electron chi connectivity index (χ4n) is 6.46. The van der Waals surface area contributed by atoms with E-state index >= 15 is 0 Å². The van der Waals surface area contributed by atoms with Crippen LogP contribution in [0.2, 0.25) is 5.02 Å². The SMILES string of the molecule is C[C@H](C(=O)N[C@H](C)c1cccc(N2CCC(N(C)C)CC2)n1)N1Cc2ccc(-c3nc(NC4CCOCC4)ncc3Cl)cc2C1=O. The van der Waals surface area contributed by atoms with Crippen LogP contribution in [-0.2, 0) is 16.1 Å². The molecule has 244 valence electrons. The molecule has 5 heterocycles. The minimum Gasteiger partial charge on any atom is -0.381 e. The minimum absolute atomic E-state index is 0.195. The minimum atomic E-state index is -0.669. The Hall–Kier alpha value is -3.80. The van der Waals surface area contributed by atoms with Crippen LogP contribution in [-0.4, -0.2) is 95.1 Å². The number of anilines is 2. The Morgan fingerprint density at radius 2 is 1.83 bits per heavy atom. The summed E-state index contributed by atoms with van der Waals surface area (Å²) in [6, 6.07) is 11.4. The van der Waals surface area contributed by atoms with Gasteiger partial charge in [-0.05, 0) is 77.4 Å².